The molecule has 0 saturated heterocycles. The van der Waals surface area contributed by atoms with E-state index in [0.717, 1.165) is 16.9 Å². The molecule has 0 radical (unpaired) electrons. The number of aryl methyl sites for hydroxylation is 1. The van der Waals surface area contributed by atoms with E-state index in [9.17, 15) is 4.39 Å². The topological polar surface area (TPSA) is 21.3 Å². The van der Waals surface area contributed by atoms with Crippen molar-refractivity contribution in [1.29, 1.82) is 0 Å². The van der Waals surface area contributed by atoms with Crippen LogP contribution in [0.3, 0.4) is 0 Å². The van der Waals surface area contributed by atoms with Crippen LogP contribution in [0.25, 0.3) is 0 Å². The highest BCUT2D eigenvalue weighted by molar-refractivity contribution is 5.30. The summed E-state index contributed by atoms with van der Waals surface area (Å²) < 4.78 is 19.1. The average Bonchev–Trinajstić information content (AvgIpc) is 2.44. The van der Waals surface area contributed by atoms with Gasteiger partial charge in [-0.15, -0.1) is 0 Å². The summed E-state index contributed by atoms with van der Waals surface area (Å²) in [4.78, 5) is 0. The average molecular weight is 259 g/mol. The molecule has 0 heterocycles. The van der Waals surface area contributed by atoms with Crippen LogP contribution in [0, 0.1) is 12.7 Å². The number of rotatable bonds is 5. The molecule has 0 aliphatic rings. The van der Waals surface area contributed by atoms with E-state index in [0.29, 0.717) is 6.61 Å². The monoisotopic (exact) mass is 259 g/mol. The van der Waals surface area contributed by atoms with Gasteiger partial charge in [-0.1, -0.05) is 24.3 Å². The molecular weight excluding hydrogens is 241 g/mol. The zero-order valence-corrected chi connectivity index (χ0v) is 11.2. The minimum absolute atomic E-state index is 0.0316. The van der Waals surface area contributed by atoms with Crippen molar-refractivity contribution in [1.82, 2.24) is 5.32 Å². The van der Waals surface area contributed by atoms with Gasteiger partial charge in [0.15, 0.2) is 0 Å². The molecule has 0 aliphatic heterocycles. The lowest BCUT2D eigenvalue weighted by molar-refractivity contribution is 0.272. The smallest absolute Gasteiger partial charge is 0.123 e. The Balaban J connectivity index is 2.10. The van der Waals surface area contributed by atoms with Gasteiger partial charge in [0.25, 0.3) is 0 Å². The molecule has 0 bridgehead atoms. The van der Waals surface area contributed by atoms with Gasteiger partial charge in [-0.25, -0.2) is 4.39 Å². The van der Waals surface area contributed by atoms with E-state index in [1.165, 1.54) is 6.07 Å². The molecule has 0 aliphatic carbocycles. The minimum Gasteiger partial charge on any atom is -0.492 e. The molecule has 2 aromatic carbocycles. The molecule has 0 aromatic heterocycles. The molecule has 0 fully saturated rings. The van der Waals surface area contributed by atoms with Crippen LogP contribution in [-0.2, 0) is 0 Å². The normalized spacial score (nSPS) is 12.2. The number of likely N-dealkylation sites (N-methyl/N-ethyl adjacent to an activating group) is 1. The van der Waals surface area contributed by atoms with Gasteiger partial charge in [-0.3, -0.25) is 0 Å². The Morgan fingerprint density at radius 1 is 1.16 bits per heavy atom. The number of para-hydroxylation sites is 1. The van der Waals surface area contributed by atoms with Crippen LogP contribution in [0.2, 0.25) is 0 Å². The molecule has 0 spiro atoms. The summed E-state index contributed by atoms with van der Waals surface area (Å²) in [5, 5.41) is 3.16. The van der Waals surface area contributed by atoms with E-state index in [2.05, 4.69) is 5.32 Å². The Hall–Kier alpha value is -1.87. The second-order valence-electron chi connectivity index (χ2n) is 4.47. The number of ether oxygens (including phenoxy) is 1. The van der Waals surface area contributed by atoms with Crippen LogP contribution >= 0.6 is 0 Å². The molecule has 19 heavy (non-hydrogen) atoms. The van der Waals surface area contributed by atoms with E-state index < -0.39 is 0 Å². The van der Waals surface area contributed by atoms with E-state index in [1.807, 2.05) is 44.3 Å². The highest BCUT2D eigenvalue weighted by Crippen LogP contribution is 2.20. The summed E-state index contributed by atoms with van der Waals surface area (Å²) in [5.74, 6) is 0.595. The van der Waals surface area contributed by atoms with Crippen molar-refractivity contribution in [3.05, 3.63) is 65.5 Å². The van der Waals surface area contributed by atoms with Crippen LogP contribution in [-0.4, -0.2) is 13.7 Å². The van der Waals surface area contributed by atoms with Gasteiger partial charge >= 0.3 is 0 Å². The Morgan fingerprint density at radius 2 is 1.89 bits per heavy atom. The lowest BCUT2D eigenvalue weighted by Gasteiger charge is -2.19. The molecule has 3 heteroatoms. The van der Waals surface area contributed by atoms with Crippen molar-refractivity contribution in [3.63, 3.8) is 0 Å². The molecule has 0 amide bonds. The highest BCUT2D eigenvalue weighted by atomic mass is 19.1. The molecule has 0 saturated carbocycles. The summed E-state index contributed by atoms with van der Waals surface area (Å²) in [6, 6.07) is 14.4. The lowest BCUT2D eigenvalue weighted by Crippen LogP contribution is -2.24. The third-order valence-corrected chi connectivity index (χ3v) is 3.13. The van der Waals surface area contributed by atoms with E-state index >= 15 is 0 Å². The Bertz CT molecular complexity index is 528. The number of hydrogen-bond donors (Lipinski definition) is 1. The first-order valence-electron chi connectivity index (χ1n) is 6.32. The largest absolute Gasteiger partial charge is 0.492 e. The summed E-state index contributed by atoms with van der Waals surface area (Å²) in [6.07, 6.45) is 0. The molecule has 1 atom stereocenters. The fraction of sp³-hybridized carbons (Fsp3) is 0.250. The van der Waals surface area contributed by atoms with Crippen molar-refractivity contribution in [2.75, 3.05) is 13.7 Å². The van der Waals surface area contributed by atoms with E-state index in [-0.39, 0.29) is 11.9 Å². The zero-order chi connectivity index (χ0) is 13.7. The third-order valence-electron chi connectivity index (χ3n) is 3.13. The van der Waals surface area contributed by atoms with Gasteiger partial charge in [0, 0.05) is 0 Å². The first-order valence-corrected chi connectivity index (χ1v) is 6.32. The maximum Gasteiger partial charge on any atom is 0.123 e. The van der Waals surface area contributed by atoms with Crippen molar-refractivity contribution in [2.45, 2.75) is 13.0 Å². The quantitative estimate of drug-likeness (QED) is 0.887. The first-order chi connectivity index (χ1) is 9.20. The first kappa shape index (κ1) is 13.6. The summed E-state index contributed by atoms with van der Waals surface area (Å²) >= 11 is 0. The predicted octanol–water partition coefficient (Wildman–Crippen LogP) is 3.47. The molecular formula is C16H18FNO. The molecule has 1 unspecified atom stereocenters. The minimum atomic E-state index is -0.222. The van der Waals surface area contributed by atoms with Crippen molar-refractivity contribution in [2.24, 2.45) is 0 Å². The molecule has 1 N–H and O–H groups in total. The van der Waals surface area contributed by atoms with Crippen molar-refractivity contribution < 1.29 is 9.13 Å². The van der Waals surface area contributed by atoms with Crippen LogP contribution in [0.1, 0.15) is 17.2 Å². The predicted molar refractivity (Wildman–Crippen MR) is 74.9 cm³/mol. The van der Waals surface area contributed by atoms with E-state index in [1.54, 1.807) is 12.1 Å². The number of benzene rings is 2. The fourth-order valence-electron chi connectivity index (χ4n) is 2.01. The summed E-state index contributed by atoms with van der Waals surface area (Å²) in [6.45, 7) is 2.44. The second kappa shape index (κ2) is 6.34. The van der Waals surface area contributed by atoms with Gasteiger partial charge in [-0.2, -0.15) is 0 Å². The van der Waals surface area contributed by atoms with E-state index in [4.69, 9.17) is 4.74 Å². The maximum atomic E-state index is 13.3. The number of nitrogens with one attached hydrogen (secondary N) is 1. The summed E-state index contributed by atoms with van der Waals surface area (Å²) in [5.41, 5.74) is 1.98. The lowest BCUT2D eigenvalue weighted by atomic mass is 10.0. The van der Waals surface area contributed by atoms with Crippen LogP contribution in [0.5, 0.6) is 5.75 Å². The Kier molecular flexibility index (Phi) is 4.53. The highest BCUT2D eigenvalue weighted by Gasteiger charge is 2.13. The number of halogens is 1. The Labute approximate surface area is 113 Å². The van der Waals surface area contributed by atoms with Gasteiger partial charge in [0.1, 0.15) is 18.2 Å². The van der Waals surface area contributed by atoms with Gasteiger partial charge in [-0.05, 0) is 49.4 Å². The summed E-state index contributed by atoms with van der Waals surface area (Å²) in [7, 11) is 1.85. The van der Waals surface area contributed by atoms with Gasteiger partial charge in [0.05, 0.1) is 6.04 Å². The second-order valence-corrected chi connectivity index (χ2v) is 4.47. The standard InChI is InChI=1S/C16H18FNO/c1-12-8-9-13(17)10-15(12)16(18-2)11-19-14-6-4-3-5-7-14/h3-10,16,18H,11H2,1-2H3. The maximum absolute atomic E-state index is 13.3. The van der Waals surface area contributed by atoms with Crippen LogP contribution in [0.15, 0.2) is 48.5 Å². The zero-order valence-electron chi connectivity index (χ0n) is 11.2. The molecule has 2 aromatic rings. The molecule has 2 nitrogen and oxygen atoms in total. The third kappa shape index (κ3) is 3.55. The van der Waals surface area contributed by atoms with Crippen LogP contribution in [0.4, 0.5) is 4.39 Å². The van der Waals surface area contributed by atoms with Crippen molar-refractivity contribution in [3.8, 4) is 5.75 Å². The van der Waals surface area contributed by atoms with Crippen LogP contribution < -0.4 is 10.1 Å². The molecule has 100 valence electrons. The van der Waals surface area contributed by atoms with Gasteiger partial charge in [0.2, 0.25) is 0 Å². The Morgan fingerprint density at radius 3 is 2.58 bits per heavy atom. The van der Waals surface area contributed by atoms with Crippen molar-refractivity contribution >= 4 is 0 Å². The fourth-order valence-corrected chi connectivity index (χ4v) is 2.01. The molecule has 2 rings (SSSR count). The SMILES string of the molecule is CNC(COc1ccccc1)c1cc(F)ccc1C. The van der Waals surface area contributed by atoms with Gasteiger partial charge < -0.3 is 10.1 Å². The number of hydrogen-bond acceptors (Lipinski definition) is 2.